The Morgan fingerprint density at radius 2 is 2.14 bits per heavy atom. The fourth-order valence-corrected chi connectivity index (χ4v) is 2.73. The summed E-state index contributed by atoms with van der Waals surface area (Å²) in [6, 6.07) is 11.0. The molecule has 0 aliphatic heterocycles. The van der Waals surface area contributed by atoms with Crippen LogP contribution < -0.4 is 15.4 Å². The summed E-state index contributed by atoms with van der Waals surface area (Å²) < 4.78 is 6.83. The Bertz CT molecular complexity index is 895. The van der Waals surface area contributed by atoms with E-state index < -0.39 is 0 Å². The Labute approximate surface area is 163 Å². The Morgan fingerprint density at radius 3 is 2.79 bits per heavy atom. The molecule has 2 N–H and O–H groups in total. The number of nitrogens with zero attached hydrogens (tertiary/aromatic N) is 5. The molecule has 2 aromatic heterocycles. The summed E-state index contributed by atoms with van der Waals surface area (Å²) in [6.45, 7) is 0.441. The first-order chi connectivity index (χ1) is 13.6. The number of anilines is 1. The first-order valence-corrected chi connectivity index (χ1v) is 8.73. The van der Waals surface area contributed by atoms with E-state index in [2.05, 4.69) is 25.7 Å². The summed E-state index contributed by atoms with van der Waals surface area (Å²) in [6.07, 6.45) is 4.56. The van der Waals surface area contributed by atoms with Crippen molar-refractivity contribution in [3.63, 3.8) is 0 Å². The fraction of sp³-hybridized carbons (Fsp3) is 0.263. The maximum atomic E-state index is 12.3. The molecule has 3 rings (SSSR count). The van der Waals surface area contributed by atoms with Crippen molar-refractivity contribution in [1.82, 2.24) is 30.0 Å². The van der Waals surface area contributed by atoms with Crippen molar-refractivity contribution < 1.29 is 9.53 Å². The van der Waals surface area contributed by atoms with Gasteiger partial charge in [0.05, 0.1) is 25.0 Å². The van der Waals surface area contributed by atoms with Crippen molar-refractivity contribution in [3.05, 3.63) is 60.8 Å². The number of carbonyl (C=O) groups excluding carboxylic acids is 1. The van der Waals surface area contributed by atoms with Crippen molar-refractivity contribution in [2.75, 3.05) is 33.1 Å². The second-order valence-electron chi connectivity index (χ2n) is 6.34. The quantitative estimate of drug-likeness (QED) is 0.650. The maximum absolute atomic E-state index is 12.3. The monoisotopic (exact) mass is 381 g/mol. The highest BCUT2D eigenvalue weighted by atomic mass is 16.5. The van der Waals surface area contributed by atoms with Crippen LogP contribution in [-0.4, -0.2) is 58.4 Å². The number of pyridine rings is 1. The maximum Gasteiger partial charge on any atom is 0.319 e. The molecule has 2 heterocycles. The minimum absolute atomic E-state index is 0.00802. The number of nitrogens with one attached hydrogen (secondary N) is 2. The largest absolute Gasteiger partial charge is 0.497 e. The second kappa shape index (κ2) is 8.96. The summed E-state index contributed by atoms with van der Waals surface area (Å²) in [5, 5.41) is 9.70. The Morgan fingerprint density at radius 1 is 1.29 bits per heavy atom. The van der Waals surface area contributed by atoms with Gasteiger partial charge in [0.15, 0.2) is 5.82 Å². The molecule has 0 saturated heterocycles. The Kier molecular flexibility index (Phi) is 6.18. The van der Waals surface area contributed by atoms with Crippen LogP contribution in [-0.2, 0) is 0 Å². The molecular weight excluding hydrogens is 358 g/mol. The third kappa shape index (κ3) is 4.83. The van der Waals surface area contributed by atoms with E-state index in [4.69, 9.17) is 4.74 Å². The normalized spacial score (nSPS) is 11.9. The Hall–Kier alpha value is -3.46. The minimum Gasteiger partial charge on any atom is -0.497 e. The average Bonchev–Trinajstić information content (AvgIpc) is 3.23. The van der Waals surface area contributed by atoms with Gasteiger partial charge in [-0.25, -0.2) is 19.4 Å². The second-order valence-corrected chi connectivity index (χ2v) is 6.34. The van der Waals surface area contributed by atoms with Gasteiger partial charge in [-0.1, -0.05) is 12.1 Å². The van der Waals surface area contributed by atoms with E-state index in [-0.39, 0.29) is 12.1 Å². The number of amides is 2. The zero-order chi connectivity index (χ0) is 19.9. The SMILES string of the molecule is COc1cccc([C@@H](CNC(=O)Nc2ccc(-n3cncn3)nc2)N(C)C)c1. The molecular formula is C19H23N7O2. The summed E-state index contributed by atoms with van der Waals surface area (Å²) in [7, 11) is 5.57. The predicted octanol–water partition coefficient (Wildman–Crippen LogP) is 2.10. The van der Waals surface area contributed by atoms with E-state index in [0.717, 1.165) is 11.3 Å². The van der Waals surface area contributed by atoms with Crippen LogP contribution in [0.5, 0.6) is 5.75 Å². The molecule has 9 nitrogen and oxygen atoms in total. The molecule has 146 valence electrons. The molecule has 0 unspecified atom stereocenters. The predicted molar refractivity (Wildman–Crippen MR) is 106 cm³/mol. The summed E-state index contributed by atoms with van der Waals surface area (Å²) in [5.41, 5.74) is 1.65. The lowest BCUT2D eigenvalue weighted by Crippen LogP contribution is -2.36. The molecule has 1 aromatic carbocycles. The van der Waals surface area contributed by atoms with Crippen LogP contribution in [0.25, 0.3) is 5.82 Å². The lowest BCUT2D eigenvalue weighted by atomic mass is 10.1. The number of ether oxygens (including phenoxy) is 1. The highest BCUT2D eigenvalue weighted by molar-refractivity contribution is 5.89. The molecule has 3 aromatic rings. The standard InChI is InChI=1S/C19H23N7O2/c1-25(2)17(14-5-4-6-16(9-14)28-3)11-22-19(27)24-15-7-8-18(21-10-15)26-13-20-12-23-26/h4-10,12-13,17H,11H2,1-3H3,(H2,22,24,27)/t17-/m1/s1. The van der Waals surface area contributed by atoms with Crippen LogP contribution in [0.4, 0.5) is 10.5 Å². The van der Waals surface area contributed by atoms with Crippen molar-refractivity contribution in [2.24, 2.45) is 0 Å². The molecule has 0 aliphatic carbocycles. The number of likely N-dealkylation sites (N-methyl/N-ethyl adjacent to an activating group) is 1. The molecule has 1 atom stereocenters. The number of benzene rings is 1. The number of hydrogen-bond acceptors (Lipinski definition) is 6. The summed E-state index contributed by atoms with van der Waals surface area (Å²) in [4.78, 5) is 22.5. The van der Waals surface area contributed by atoms with Crippen molar-refractivity contribution >= 4 is 11.7 Å². The van der Waals surface area contributed by atoms with Gasteiger partial charge in [0.1, 0.15) is 18.4 Å². The van der Waals surface area contributed by atoms with Gasteiger partial charge in [0.25, 0.3) is 0 Å². The molecule has 0 aliphatic rings. The van der Waals surface area contributed by atoms with E-state index in [1.807, 2.05) is 43.3 Å². The smallest absolute Gasteiger partial charge is 0.319 e. The number of carbonyl (C=O) groups is 1. The zero-order valence-electron chi connectivity index (χ0n) is 16.0. The van der Waals surface area contributed by atoms with E-state index in [0.29, 0.717) is 18.1 Å². The van der Waals surface area contributed by atoms with Gasteiger partial charge in [0.2, 0.25) is 0 Å². The van der Waals surface area contributed by atoms with E-state index in [9.17, 15) is 4.79 Å². The third-order valence-corrected chi connectivity index (χ3v) is 4.22. The molecule has 9 heteroatoms. The van der Waals surface area contributed by atoms with Gasteiger partial charge >= 0.3 is 6.03 Å². The van der Waals surface area contributed by atoms with Crippen LogP contribution in [0.15, 0.2) is 55.2 Å². The first kappa shape index (κ1) is 19.3. The number of aromatic nitrogens is 4. The van der Waals surface area contributed by atoms with Crippen LogP contribution in [0.1, 0.15) is 11.6 Å². The lowest BCUT2D eigenvalue weighted by Gasteiger charge is -2.25. The van der Waals surface area contributed by atoms with Gasteiger partial charge in [-0.2, -0.15) is 5.10 Å². The van der Waals surface area contributed by atoms with Crippen LogP contribution in [0.3, 0.4) is 0 Å². The van der Waals surface area contributed by atoms with E-state index >= 15 is 0 Å². The Balaban J connectivity index is 1.58. The van der Waals surface area contributed by atoms with E-state index in [1.165, 1.54) is 6.33 Å². The van der Waals surface area contributed by atoms with Crippen LogP contribution in [0.2, 0.25) is 0 Å². The molecule has 0 bridgehead atoms. The highest BCUT2D eigenvalue weighted by Crippen LogP contribution is 2.22. The number of hydrogen-bond donors (Lipinski definition) is 2. The van der Waals surface area contributed by atoms with Gasteiger partial charge in [0, 0.05) is 6.54 Å². The number of urea groups is 1. The molecule has 0 spiro atoms. The third-order valence-electron chi connectivity index (χ3n) is 4.22. The highest BCUT2D eigenvalue weighted by Gasteiger charge is 2.16. The topological polar surface area (TPSA) is 97.2 Å². The lowest BCUT2D eigenvalue weighted by molar-refractivity contribution is 0.243. The van der Waals surface area contributed by atoms with Crippen molar-refractivity contribution in [3.8, 4) is 11.6 Å². The number of rotatable bonds is 7. The van der Waals surface area contributed by atoms with Crippen LogP contribution in [0, 0.1) is 0 Å². The minimum atomic E-state index is -0.301. The molecule has 2 amide bonds. The number of methoxy groups -OCH3 is 1. The molecule has 0 saturated carbocycles. The van der Waals surface area contributed by atoms with Gasteiger partial charge in [-0.15, -0.1) is 0 Å². The van der Waals surface area contributed by atoms with Gasteiger partial charge < -0.3 is 20.3 Å². The summed E-state index contributed by atoms with van der Waals surface area (Å²) >= 11 is 0. The molecule has 28 heavy (non-hydrogen) atoms. The zero-order valence-corrected chi connectivity index (χ0v) is 16.0. The van der Waals surface area contributed by atoms with Crippen molar-refractivity contribution in [1.29, 1.82) is 0 Å². The van der Waals surface area contributed by atoms with Gasteiger partial charge in [-0.05, 0) is 43.9 Å². The molecule has 0 fully saturated rings. The fourth-order valence-electron chi connectivity index (χ4n) is 2.73. The molecule has 0 radical (unpaired) electrons. The van der Waals surface area contributed by atoms with Gasteiger partial charge in [-0.3, -0.25) is 0 Å². The van der Waals surface area contributed by atoms with E-state index in [1.54, 1.807) is 36.4 Å². The average molecular weight is 381 g/mol. The first-order valence-electron chi connectivity index (χ1n) is 8.73. The summed E-state index contributed by atoms with van der Waals surface area (Å²) in [5.74, 6) is 1.40. The van der Waals surface area contributed by atoms with Crippen molar-refractivity contribution in [2.45, 2.75) is 6.04 Å². The van der Waals surface area contributed by atoms with Crippen LogP contribution >= 0.6 is 0 Å².